The summed E-state index contributed by atoms with van der Waals surface area (Å²) in [5, 5.41) is 4.65. The summed E-state index contributed by atoms with van der Waals surface area (Å²) in [6.07, 6.45) is 0.568. The molecule has 1 aromatic heterocycles. The standard InChI is InChI=1S/C27H29N5O3/c1-2-32-23-13-14-31(27(35)25(33)20-9-5-3-6-10-20)19-22(23)24(28-32)26(34)30-17-15-29(16-18-30)21-11-7-4-8-12-21/h3-12H,2,13-19H2,1H3. The normalized spacial score (nSPS) is 15.6. The molecular formula is C27H29N5O3. The molecule has 0 unspecified atom stereocenters. The zero-order valence-corrected chi connectivity index (χ0v) is 19.9. The summed E-state index contributed by atoms with van der Waals surface area (Å²) in [7, 11) is 0. The molecule has 0 aliphatic carbocycles. The van der Waals surface area contributed by atoms with Crippen molar-refractivity contribution in [3.05, 3.63) is 83.2 Å². The van der Waals surface area contributed by atoms with Crippen molar-refractivity contribution in [3.63, 3.8) is 0 Å². The maximum atomic E-state index is 13.5. The lowest BCUT2D eigenvalue weighted by Gasteiger charge is -2.36. The van der Waals surface area contributed by atoms with E-state index in [-0.39, 0.29) is 12.5 Å². The van der Waals surface area contributed by atoms with Gasteiger partial charge in [0.25, 0.3) is 11.8 Å². The van der Waals surface area contributed by atoms with Crippen molar-refractivity contribution in [1.29, 1.82) is 0 Å². The van der Waals surface area contributed by atoms with Gasteiger partial charge >= 0.3 is 0 Å². The Morgan fingerprint density at radius 2 is 1.49 bits per heavy atom. The Morgan fingerprint density at radius 3 is 2.14 bits per heavy atom. The number of carbonyl (C=O) groups is 3. The van der Waals surface area contributed by atoms with Gasteiger partial charge in [0, 0.05) is 68.2 Å². The molecular weight excluding hydrogens is 442 g/mol. The average molecular weight is 472 g/mol. The fourth-order valence-electron chi connectivity index (χ4n) is 4.91. The first-order valence-corrected chi connectivity index (χ1v) is 12.1. The van der Waals surface area contributed by atoms with Crippen LogP contribution < -0.4 is 4.90 Å². The highest BCUT2D eigenvalue weighted by atomic mass is 16.2. The third-order valence-corrected chi connectivity index (χ3v) is 6.84. The average Bonchev–Trinajstić information content (AvgIpc) is 3.31. The number of benzene rings is 2. The zero-order valence-electron chi connectivity index (χ0n) is 19.9. The number of aromatic nitrogens is 2. The molecule has 2 aromatic carbocycles. The first-order valence-electron chi connectivity index (χ1n) is 12.1. The molecule has 0 spiro atoms. The van der Waals surface area contributed by atoms with Crippen LogP contribution in [0.15, 0.2) is 60.7 Å². The van der Waals surface area contributed by atoms with Crippen LogP contribution in [0.3, 0.4) is 0 Å². The third kappa shape index (κ3) is 4.43. The number of rotatable bonds is 5. The Labute approximate surface area is 204 Å². The molecule has 0 radical (unpaired) electrons. The summed E-state index contributed by atoms with van der Waals surface area (Å²) in [5.41, 5.74) is 3.68. The van der Waals surface area contributed by atoms with E-state index in [1.54, 1.807) is 29.2 Å². The number of Topliss-reactive ketones (excluding diaryl/α,β-unsaturated/α-hetero) is 1. The number of carbonyl (C=O) groups excluding carboxylic acids is 3. The van der Waals surface area contributed by atoms with Crippen molar-refractivity contribution in [3.8, 4) is 0 Å². The van der Waals surface area contributed by atoms with Gasteiger partial charge in [-0.3, -0.25) is 19.1 Å². The van der Waals surface area contributed by atoms with Gasteiger partial charge in [-0.05, 0) is 19.1 Å². The van der Waals surface area contributed by atoms with E-state index < -0.39 is 11.7 Å². The number of aryl methyl sites for hydroxylation is 1. The number of amides is 2. The minimum absolute atomic E-state index is 0.107. The number of hydrogen-bond acceptors (Lipinski definition) is 5. The van der Waals surface area contributed by atoms with Gasteiger partial charge in [-0.2, -0.15) is 5.10 Å². The molecule has 8 heteroatoms. The maximum absolute atomic E-state index is 13.5. The largest absolute Gasteiger partial charge is 0.368 e. The zero-order chi connectivity index (χ0) is 24.4. The highest BCUT2D eigenvalue weighted by Gasteiger charge is 2.34. The van der Waals surface area contributed by atoms with Gasteiger partial charge in [-0.1, -0.05) is 48.5 Å². The molecule has 180 valence electrons. The minimum Gasteiger partial charge on any atom is -0.368 e. The monoisotopic (exact) mass is 471 g/mol. The lowest BCUT2D eigenvalue weighted by Crippen LogP contribution is -2.49. The van der Waals surface area contributed by atoms with E-state index >= 15 is 0 Å². The number of nitrogens with zero attached hydrogens (tertiary/aromatic N) is 5. The fourth-order valence-corrected chi connectivity index (χ4v) is 4.91. The maximum Gasteiger partial charge on any atom is 0.295 e. The molecule has 3 aromatic rings. The summed E-state index contributed by atoms with van der Waals surface area (Å²) in [6, 6.07) is 18.8. The minimum atomic E-state index is -0.541. The summed E-state index contributed by atoms with van der Waals surface area (Å²) in [4.78, 5) is 44.9. The first-order chi connectivity index (χ1) is 17.1. The number of ketones is 1. The van der Waals surface area contributed by atoms with Crippen molar-refractivity contribution in [2.24, 2.45) is 0 Å². The van der Waals surface area contributed by atoms with E-state index in [1.807, 2.05) is 40.8 Å². The number of piperazine rings is 1. The van der Waals surface area contributed by atoms with E-state index in [1.165, 1.54) is 0 Å². The molecule has 0 N–H and O–H groups in total. The second kappa shape index (κ2) is 9.74. The molecule has 8 nitrogen and oxygen atoms in total. The van der Waals surface area contributed by atoms with Gasteiger partial charge in [-0.15, -0.1) is 0 Å². The molecule has 3 heterocycles. The lowest BCUT2D eigenvalue weighted by atomic mass is 10.0. The summed E-state index contributed by atoms with van der Waals surface area (Å²) < 4.78 is 1.86. The van der Waals surface area contributed by atoms with E-state index in [9.17, 15) is 14.4 Å². The summed E-state index contributed by atoms with van der Waals surface area (Å²) in [5.74, 6) is -1.17. The van der Waals surface area contributed by atoms with Gasteiger partial charge in [0.15, 0.2) is 5.69 Å². The number of fused-ring (bicyclic) bond motifs is 1. The Hall–Kier alpha value is -3.94. The molecule has 0 bridgehead atoms. The topological polar surface area (TPSA) is 78.8 Å². The van der Waals surface area contributed by atoms with Crippen LogP contribution in [0.4, 0.5) is 5.69 Å². The first kappa shape index (κ1) is 22.8. The lowest BCUT2D eigenvalue weighted by molar-refractivity contribution is -0.127. The van der Waals surface area contributed by atoms with Crippen LogP contribution in [0.25, 0.3) is 0 Å². The van der Waals surface area contributed by atoms with E-state index in [4.69, 9.17) is 0 Å². The number of hydrogen-bond donors (Lipinski definition) is 0. The predicted octanol–water partition coefficient (Wildman–Crippen LogP) is 2.63. The van der Waals surface area contributed by atoms with Crippen LogP contribution in [0.5, 0.6) is 0 Å². The Morgan fingerprint density at radius 1 is 0.829 bits per heavy atom. The summed E-state index contributed by atoms with van der Waals surface area (Å²) >= 11 is 0. The van der Waals surface area contributed by atoms with Gasteiger partial charge in [-0.25, -0.2) is 0 Å². The van der Waals surface area contributed by atoms with Crippen LogP contribution in [0, 0.1) is 0 Å². The third-order valence-electron chi connectivity index (χ3n) is 6.84. The smallest absolute Gasteiger partial charge is 0.295 e. The fraction of sp³-hybridized carbons (Fsp3) is 0.333. The van der Waals surface area contributed by atoms with Gasteiger partial charge in [0.2, 0.25) is 5.78 Å². The second-order valence-corrected chi connectivity index (χ2v) is 8.88. The predicted molar refractivity (Wildman–Crippen MR) is 132 cm³/mol. The summed E-state index contributed by atoms with van der Waals surface area (Å²) in [6.45, 7) is 6.01. The molecule has 35 heavy (non-hydrogen) atoms. The molecule has 2 aliphatic rings. The quantitative estimate of drug-likeness (QED) is 0.422. The molecule has 5 rings (SSSR count). The molecule has 2 aliphatic heterocycles. The van der Waals surface area contributed by atoms with Crippen LogP contribution in [-0.4, -0.2) is 69.9 Å². The van der Waals surface area contributed by atoms with Crippen molar-refractivity contribution in [2.75, 3.05) is 37.6 Å². The van der Waals surface area contributed by atoms with Gasteiger partial charge < -0.3 is 14.7 Å². The number of para-hydroxylation sites is 1. The van der Waals surface area contributed by atoms with E-state index in [0.29, 0.717) is 43.9 Å². The van der Waals surface area contributed by atoms with E-state index in [0.717, 1.165) is 30.0 Å². The van der Waals surface area contributed by atoms with Crippen LogP contribution in [-0.2, 0) is 24.3 Å². The van der Waals surface area contributed by atoms with Gasteiger partial charge in [0.05, 0.1) is 6.54 Å². The Kier molecular flexibility index (Phi) is 6.35. The highest BCUT2D eigenvalue weighted by molar-refractivity contribution is 6.42. The van der Waals surface area contributed by atoms with Crippen LogP contribution in [0.2, 0.25) is 0 Å². The molecule has 0 saturated carbocycles. The molecule has 2 amide bonds. The van der Waals surface area contributed by atoms with Crippen molar-refractivity contribution < 1.29 is 14.4 Å². The van der Waals surface area contributed by atoms with Crippen LogP contribution >= 0.6 is 0 Å². The van der Waals surface area contributed by atoms with E-state index in [2.05, 4.69) is 22.1 Å². The van der Waals surface area contributed by atoms with Crippen LogP contribution in [0.1, 0.15) is 39.0 Å². The Bertz CT molecular complexity index is 1230. The van der Waals surface area contributed by atoms with Crippen molar-refractivity contribution in [1.82, 2.24) is 19.6 Å². The van der Waals surface area contributed by atoms with Crippen molar-refractivity contribution in [2.45, 2.75) is 26.4 Å². The van der Waals surface area contributed by atoms with Crippen molar-refractivity contribution >= 4 is 23.3 Å². The molecule has 1 fully saturated rings. The molecule has 1 saturated heterocycles. The second-order valence-electron chi connectivity index (χ2n) is 8.88. The molecule has 0 atom stereocenters. The highest BCUT2D eigenvalue weighted by Crippen LogP contribution is 2.25. The number of anilines is 1. The van der Waals surface area contributed by atoms with Gasteiger partial charge in [0.1, 0.15) is 0 Å². The Balaban J connectivity index is 1.33. The SMILES string of the molecule is CCn1nc(C(=O)N2CCN(c3ccccc3)CC2)c2c1CCN(C(=O)C(=O)c1ccccc1)C2.